The number of nitrogens with zero attached hydrogens (tertiary/aromatic N) is 6. The van der Waals surface area contributed by atoms with E-state index in [1.54, 1.807) is 23.1 Å². The predicted molar refractivity (Wildman–Crippen MR) is 177 cm³/mol. The Morgan fingerprint density at radius 1 is 1.05 bits per heavy atom. The number of nitrogens with two attached hydrogens (primary N) is 1. The molecule has 0 unspecified atom stereocenters. The second-order valence-corrected chi connectivity index (χ2v) is 12.4. The van der Waals surface area contributed by atoms with Crippen LogP contribution in [-0.2, 0) is 26.7 Å². The van der Waals surface area contributed by atoms with Crippen molar-refractivity contribution < 1.29 is 5.11 Å². The maximum atomic E-state index is 13.4. The third-order valence-corrected chi connectivity index (χ3v) is 9.19. The first kappa shape index (κ1) is 33.1. The fourth-order valence-electron chi connectivity index (χ4n) is 5.50. The Kier molecular flexibility index (Phi) is 10.3. The summed E-state index contributed by atoms with van der Waals surface area (Å²) >= 11 is 8.30. The van der Waals surface area contributed by atoms with Crippen LogP contribution in [0.4, 0.5) is 0 Å². The summed E-state index contributed by atoms with van der Waals surface area (Å²) in [5, 5.41) is 17.7. The van der Waals surface area contributed by atoms with E-state index in [-0.39, 0.29) is 36.9 Å². The van der Waals surface area contributed by atoms with Gasteiger partial charge in [0.2, 0.25) is 0 Å². The van der Waals surface area contributed by atoms with Gasteiger partial charge in [0.05, 0.1) is 34.1 Å². The molecule has 0 aliphatic carbocycles. The largest absolute Gasteiger partial charge is 0.388 e. The maximum absolute atomic E-state index is 13.4. The van der Waals surface area contributed by atoms with Gasteiger partial charge in [-0.2, -0.15) is 5.10 Å². The van der Waals surface area contributed by atoms with Crippen LogP contribution in [0.2, 0.25) is 5.02 Å². The lowest BCUT2D eigenvalue weighted by molar-refractivity contribution is -0.0364. The van der Waals surface area contributed by atoms with Crippen LogP contribution in [0.15, 0.2) is 59.8 Å². The Morgan fingerprint density at radius 3 is 2.37 bits per heavy atom. The quantitative estimate of drug-likeness (QED) is 0.246. The molecule has 1 aliphatic heterocycles. The summed E-state index contributed by atoms with van der Waals surface area (Å²) in [6.45, 7) is 4.71. The lowest BCUT2D eigenvalue weighted by Gasteiger charge is -2.38. The second kappa shape index (κ2) is 13.4. The summed E-state index contributed by atoms with van der Waals surface area (Å²) < 4.78 is 3.17. The molecule has 0 spiro atoms. The monoisotopic (exact) mass is 661 g/mol. The van der Waals surface area contributed by atoms with Crippen LogP contribution in [0.25, 0.3) is 32.7 Å². The van der Waals surface area contributed by atoms with Gasteiger partial charge in [-0.05, 0) is 42.5 Å². The zero-order chi connectivity index (χ0) is 28.7. The molecule has 1 aliphatic rings. The Bertz CT molecular complexity index is 1780. The standard InChI is InChI=1S/C30H32ClN7O2S.2ClH/c1-19-33-15-25(41-19)22-7-8-23(24(31)13-22)16-37-11-9-30(40,10-12-37)17-38-18-34-26-27(29(38)39)35-36(2)28(26)21-5-3-20(14-32)4-6-21;;/h3-8,13,15,18,40H,9-12,14,16-17,32H2,1-2H3;2*1H. The average Bonchev–Trinajstić information content (AvgIpc) is 3.55. The highest BCUT2D eigenvalue weighted by atomic mass is 35.5. The number of piperidine rings is 1. The van der Waals surface area contributed by atoms with Gasteiger partial charge in [-0.25, -0.2) is 9.97 Å². The number of rotatable bonds is 7. The molecule has 1 fully saturated rings. The molecular weight excluding hydrogens is 629 g/mol. The van der Waals surface area contributed by atoms with Crippen molar-refractivity contribution in [3.05, 3.63) is 86.5 Å². The van der Waals surface area contributed by atoms with Gasteiger partial charge in [0.15, 0.2) is 5.52 Å². The van der Waals surface area contributed by atoms with E-state index in [1.807, 2.05) is 43.5 Å². The fourth-order valence-corrected chi connectivity index (χ4v) is 6.51. The molecule has 9 nitrogen and oxygen atoms in total. The Hall–Kier alpha value is -2.83. The van der Waals surface area contributed by atoms with Crippen molar-refractivity contribution >= 4 is 58.8 Å². The Labute approximate surface area is 271 Å². The van der Waals surface area contributed by atoms with Crippen molar-refractivity contribution in [1.29, 1.82) is 0 Å². The molecule has 2 aromatic carbocycles. The number of aliphatic hydroxyl groups is 1. The van der Waals surface area contributed by atoms with Crippen LogP contribution < -0.4 is 11.3 Å². The van der Waals surface area contributed by atoms with Gasteiger partial charge in [0, 0.05) is 50.0 Å². The molecule has 0 saturated carbocycles. The van der Waals surface area contributed by atoms with Gasteiger partial charge < -0.3 is 10.8 Å². The molecule has 228 valence electrons. The molecule has 4 heterocycles. The molecule has 0 amide bonds. The molecule has 1 saturated heterocycles. The van der Waals surface area contributed by atoms with Crippen LogP contribution >= 0.6 is 47.8 Å². The van der Waals surface area contributed by atoms with E-state index in [9.17, 15) is 9.90 Å². The van der Waals surface area contributed by atoms with Gasteiger partial charge in [-0.15, -0.1) is 36.2 Å². The normalized spacial score (nSPS) is 14.8. The molecule has 0 radical (unpaired) electrons. The molecule has 0 atom stereocenters. The first-order valence-corrected chi connectivity index (χ1v) is 14.8. The van der Waals surface area contributed by atoms with E-state index in [4.69, 9.17) is 17.3 Å². The number of fused-ring (bicyclic) bond motifs is 1. The predicted octanol–water partition coefficient (Wildman–Crippen LogP) is 5.21. The van der Waals surface area contributed by atoms with E-state index in [2.05, 4.69) is 32.1 Å². The summed E-state index contributed by atoms with van der Waals surface area (Å²) in [7, 11) is 1.81. The summed E-state index contributed by atoms with van der Waals surface area (Å²) in [5.74, 6) is 0. The van der Waals surface area contributed by atoms with E-state index >= 15 is 0 Å². The second-order valence-electron chi connectivity index (χ2n) is 10.8. The highest BCUT2D eigenvalue weighted by molar-refractivity contribution is 7.15. The van der Waals surface area contributed by atoms with Crippen molar-refractivity contribution in [1.82, 2.24) is 29.2 Å². The fraction of sp³-hybridized carbons (Fsp3) is 0.333. The Morgan fingerprint density at radius 2 is 1.74 bits per heavy atom. The van der Waals surface area contributed by atoms with Crippen LogP contribution in [0, 0.1) is 6.92 Å². The van der Waals surface area contributed by atoms with Crippen LogP contribution in [0.5, 0.6) is 0 Å². The SMILES string of the molecule is Cc1ncc(-c2ccc(CN3CCC(O)(Cn4cnc5c(-c6ccc(CN)cc6)n(C)nc5c4=O)CC3)c(Cl)c2)s1.Cl.Cl. The number of benzene rings is 2. The number of likely N-dealkylation sites (tertiary alicyclic amines) is 1. The van der Waals surface area contributed by atoms with Crippen molar-refractivity contribution in [3.8, 4) is 21.7 Å². The molecule has 6 rings (SSSR count). The zero-order valence-electron chi connectivity index (χ0n) is 23.9. The summed E-state index contributed by atoms with van der Waals surface area (Å²) in [4.78, 5) is 25.7. The minimum atomic E-state index is -1.01. The molecule has 13 heteroatoms. The van der Waals surface area contributed by atoms with Gasteiger partial charge >= 0.3 is 0 Å². The third-order valence-electron chi connectivity index (χ3n) is 7.88. The first-order valence-electron chi connectivity index (χ1n) is 13.6. The van der Waals surface area contributed by atoms with E-state index in [0.29, 0.717) is 50.1 Å². The molecule has 3 N–H and O–H groups in total. The highest BCUT2D eigenvalue weighted by Crippen LogP contribution is 2.32. The number of hydrogen-bond donors (Lipinski definition) is 2. The average molecular weight is 663 g/mol. The van der Waals surface area contributed by atoms with Gasteiger partial charge in [-0.1, -0.05) is 48.0 Å². The van der Waals surface area contributed by atoms with E-state index < -0.39 is 5.60 Å². The van der Waals surface area contributed by atoms with Crippen molar-refractivity contribution in [2.45, 2.75) is 45.0 Å². The lowest BCUT2D eigenvalue weighted by Crippen LogP contribution is -2.47. The minimum Gasteiger partial charge on any atom is -0.388 e. The molecular formula is C30H34Cl3N7O2S. The van der Waals surface area contributed by atoms with Gasteiger partial charge in [0.1, 0.15) is 5.52 Å². The zero-order valence-corrected chi connectivity index (χ0v) is 27.1. The van der Waals surface area contributed by atoms with Crippen molar-refractivity contribution in [3.63, 3.8) is 0 Å². The Balaban J connectivity index is 0.00000212. The smallest absolute Gasteiger partial charge is 0.281 e. The summed E-state index contributed by atoms with van der Waals surface area (Å²) in [6.07, 6.45) is 4.48. The van der Waals surface area contributed by atoms with E-state index in [0.717, 1.165) is 42.9 Å². The van der Waals surface area contributed by atoms with Crippen LogP contribution in [-0.4, -0.2) is 53.0 Å². The topological polar surface area (TPSA) is 115 Å². The van der Waals surface area contributed by atoms with Crippen LogP contribution in [0.3, 0.4) is 0 Å². The van der Waals surface area contributed by atoms with Crippen molar-refractivity contribution in [2.75, 3.05) is 13.1 Å². The number of hydrogen-bond acceptors (Lipinski definition) is 8. The maximum Gasteiger partial charge on any atom is 0.281 e. The molecule has 0 bridgehead atoms. The lowest BCUT2D eigenvalue weighted by atomic mass is 9.91. The minimum absolute atomic E-state index is 0. The molecule has 5 aromatic rings. The van der Waals surface area contributed by atoms with Crippen molar-refractivity contribution in [2.24, 2.45) is 12.8 Å². The first-order chi connectivity index (χ1) is 19.7. The number of aryl methyl sites for hydroxylation is 2. The number of halogens is 3. The molecule has 43 heavy (non-hydrogen) atoms. The third kappa shape index (κ3) is 6.81. The van der Waals surface area contributed by atoms with Gasteiger partial charge in [0.25, 0.3) is 5.56 Å². The highest BCUT2D eigenvalue weighted by Gasteiger charge is 2.33. The van der Waals surface area contributed by atoms with E-state index in [1.165, 1.54) is 10.9 Å². The molecule has 3 aromatic heterocycles. The number of aromatic nitrogens is 5. The van der Waals surface area contributed by atoms with Gasteiger partial charge in [-0.3, -0.25) is 18.9 Å². The summed E-state index contributed by atoms with van der Waals surface area (Å²) in [6, 6.07) is 14.0. The van der Waals surface area contributed by atoms with Crippen LogP contribution in [0.1, 0.15) is 29.0 Å². The summed E-state index contributed by atoms with van der Waals surface area (Å²) in [5.41, 5.74) is 10.1. The number of thiazole rings is 1.